The lowest BCUT2D eigenvalue weighted by Crippen LogP contribution is -2.53. The van der Waals surface area contributed by atoms with E-state index in [-0.39, 0.29) is 29.1 Å². The van der Waals surface area contributed by atoms with E-state index in [1.165, 1.54) is 12.5 Å². The van der Waals surface area contributed by atoms with Gasteiger partial charge in [0.25, 0.3) is 0 Å². The molecule has 0 unspecified atom stereocenters. The molecule has 0 bridgehead atoms. The first kappa shape index (κ1) is 23.8. The molecule has 2 aliphatic carbocycles. The summed E-state index contributed by atoms with van der Waals surface area (Å²) in [6.07, 6.45) is 12.1. The average molecular weight is 477 g/mol. The van der Waals surface area contributed by atoms with Crippen LogP contribution in [-0.4, -0.2) is 24.5 Å². The van der Waals surface area contributed by atoms with E-state index >= 15 is 0 Å². The summed E-state index contributed by atoms with van der Waals surface area (Å²) in [4.78, 5) is 12.8. The molecule has 33 heavy (non-hydrogen) atoms. The number of ether oxygens (including phenoxy) is 1. The first-order chi connectivity index (χ1) is 15.5. The number of carbonyl (C=O) groups is 1. The van der Waals surface area contributed by atoms with Crippen LogP contribution in [-0.2, 0) is 30.5 Å². The van der Waals surface area contributed by atoms with E-state index < -0.39 is 27.9 Å². The van der Waals surface area contributed by atoms with Gasteiger partial charge >= 0.3 is 16.4 Å². The van der Waals surface area contributed by atoms with E-state index in [1.807, 2.05) is 13.0 Å². The van der Waals surface area contributed by atoms with Crippen molar-refractivity contribution in [1.29, 1.82) is 0 Å². The van der Waals surface area contributed by atoms with Gasteiger partial charge in [0.1, 0.15) is 0 Å². The molecule has 1 aliphatic heterocycles. The maximum absolute atomic E-state index is 12.8. The fourth-order valence-corrected chi connectivity index (χ4v) is 6.55. The van der Waals surface area contributed by atoms with E-state index in [0.29, 0.717) is 0 Å². The summed E-state index contributed by atoms with van der Waals surface area (Å²) in [6.45, 7) is 7.73. The second-order valence-corrected chi connectivity index (χ2v) is 10.8. The summed E-state index contributed by atoms with van der Waals surface area (Å²) in [7, 11) is -4.83. The van der Waals surface area contributed by atoms with Crippen molar-refractivity contribution < 1.29 is 31.1 Å². The molecule has 0 radical (unpaired) electrons. The third-order valence-electron chi connectivity index (χ3n) is 7.53. The second-order valence-electron chi connectivity index (χ2n) is 9.77. The smallest absolute Gasteiger partial charge is 0.446 e. The molecule has 1 aromatic heterocycles. The average Bonchev–Trinajstić information content (AvgIpc) is 3.42. The number of allylic oxidation sites excluding steroid dienone is 2. The predicted octanol–water partition coefficient (Wildman–Crippen LogP) is 5.18. The molecule has 0 amide bonds. The molecular weight excluding hydrogens is 444 g/mol. The molecule has 1 aromatic rings. The van der Waals surface area contributed by atoms with E-state index in [1.54, 1.807) is 12.5 Å². The van der Waals surface area contributed by atoms with Gasteiger partial charge in [-0.1, -0.05) is 30.2 Å². The molecule has 1 spiro atoms. The van der Waals surface area contributed by atoms with Gasteiger partial charge in [-0.25, -0.2) is 4.79 Å². The highest BCUT2D eigenvalue weighted by molar-refractivity contribution is 7.81. The lowest BCUT2D eigenvalue weighted by atomic mass is 9.62. The number of carbonyl (C=O) groups excluding carboxylic acids is 1. The zero-order chi connectivity index (χ0) is 24.0. The molecule has 0 aromatic carbocycles. The molecule has 1 saturated carbocycles. The molecule has 0 saturated heterocycles. The highest BCUT2D eigenvalue weighted by Gasteiger charge is 2.64. The van der Waals surface area contributed by atoms with Crippen LogP contribution in [0.15, 0.2) is 57.6 Å². The summed E-state index contributed by atoms with van der Waals surface area (Å²) >= 11 is 0. The predicted molar refractivity (Wildman–Crippen MR) is 122 cm³/mol. The van der Waals surface area contributed by atoms with Crippen LogP contribution in [0.2, 0.25) is 0 Å². The topological polar surface area (TPSA) is 103 Å². The molecule has 8 heteroatoms. The van der Waals surface area contributed by atoms with E-state index in [0.717, 1.165) is 43.2 Å². The highest BCUT2D eigenvalue weighted by atomic mass is 32.3. The number of esters is 1. The number of hydrogen-bond acceptors (Lipinski definition) is 6. The molecule has 2 heterocycles. The third kappa shape index (κ3) is 4.43. The van der Waals surface area contributed by atoms with Gasteiger partial charge in [-0.2, -0.15) is 8.42 Å². The van der Waals surface area contributed by atoms with Crippen molar-refractivity contribution in [2.45, 2.75) is 65.4 Å². The maximum atomic E-state index is 12.8. The number of aryl methyl sites for hydroxylation is 1. The van der Waals surface area contributed by atoms with Crippen LogP contribution < -0.4 is 0 Å². The van der Waals surface area contributed by atoms with Crippen molar-refractivity contribution in [3.8, 4) is 0 Å². The molecule has 180 valence electrons. The first-order valence-corrected chi connectivity index (χ1v) is 12.9. The Bertz CT molecular complexity index is 1110. The standard InChI is InChI=1S/C25H32O7S/c1-15(6-5-7-19-10-11-30-14-19)12-20-13-17(3)21-9-8-16(2)22(21)25(20)23(32-33(27,28)29)18(4)24(26)31-25/h10-14,16,20-22H,5-9H2,1-4H3,(H,27,28,29)/b15-12+/t16-,20+,21-,22+,25+/m0/s1. The Kier molecular flexibility index (Phi) is 6.35. The number of fused-ring (bicyclic) bond motifs is 2. The zero-order valence-corrected chi connectivity index (χ0v) is 20.4. The lowest BCUT2D eigenvalue weighted by molar-refractivity contribution is -0.160. The molecule has 1 N–H and O–H groups in total. The van der Waals surface area contributed by atoms with Crippen LogP contribution in [0.3, 0.4) is 0 Å². The van der Waals surface area contributed by atoms with Crippen molar-refractivity contribution in [1.82, 2.24) is 0 Å². The Morgan fingerprint density at radius 3 is 2.76 bits per heavy atom. The Balaban J connectivity index is 1.73. The summed E-state index contributed by atoms with van der Waals surface area (Å²) < 4.78 is 49.4. The minimum atomic E-state index is -4.83. The van der Waals surface area contributed by atoms with Crippen molar-refractivity contribution in [2.24, 2.45) is 23.7 Å². The zero-order valence-electron chi connectivity index (χ0n) is 19.5. The van der Waals surface area contributed by atoms with Crippen LogP contribution in [0, 0.1) is 23.7 Å². The van der Waals surface area contributed by atoms with E-state index in [4.69, 9.17) is 13.3 Å². The van der Waals surface area contributed by atoms with Crippen LogP contribution in [0.4, 0.5) is 0 Å². The van der Waals surface area contributed by atoms with Gasteiger partial charge in [0, 0.05) is 11.8 Å². The summed E-state index contributed by atoms with van der Waals surface area (Å²) in [5.74, 6) is -0.864. The Morgan fingerprint density at radius 2 is 2.09 bits per heavy atom. The second kappa shape index (κ2) is 8.80. The number of rotatable bonds is 7. The Labute approximate surface area is 195 Å². The molecule has 7 nitrogen and oxygen atoms in total. The largest absolute Gasteiger partial charge is 0.472 e. The van der Waals surface area contributed by atoms with Gasteiger partial charge < -0.3 is 13.3 Å². The quantitative estimate of drug-likeness (QED) is 0.329. The normalized spacial score (nSPS) is 32.2. The van der Waals surface area contributed by atoms with Gasteiger partial charge in [0.15, 0.2) is 11.4 Å². The first-order valence-electron chi connectivity index (χ1n) is 11.5. The van der Waals surface area contributed by atoms with Gasteiger partial charge in [-0.15, -0.1) is 0 Å². The lowest BCUT2D eigenvalue weighted by Gasteiger charge is -2.47. The SMILES string of the molecule is CC1=C[C@@H](/C=C(\C)CCCc2ccoc2)[C@@]2(OC(=O)C(C)=C2OS(=O)(=O)O)[C@@H]2[C@@H](C)CC[C@@H]12. The molecule has 5 atom stereocenters. The highest BCUT2D eigenvalue weighted by Crippen LogP contribution is 2.59. The molecule has 4 rings (SSSR count). The van der Waals surface area contributed by atoms with Crippen molar-refractivity contribution in [3.05, 3.63) is 58.8 Å². The van der Waals surface area contributed by atoms with E-state index in [2.05, 4.69) is 26.0 Å². The van der Waals surface area contributed by atoms with E-state index in [9.17, 15) is 17.8 Å². The Hall–Kier alpha value is -2.32. The van der Waals surface area contributed by atoms with Gasteiger partial charge in [-0.05, 0) is 76.3 Å². The summed E-state index contributed by atoms with van der Waals surface area (Å²) in [5, 5.41) is 0. The number of furan rings is 1. The van der Waals surface area contributed by atoms with Gasteiger partial charge in [-0.3, -0.25) is 4.55 Å². The van der Waals surface area contributed by atoms with Crippen LogP contribution in [0.25, 0.3) is 0 Å². The number of hydrogen-bond donors (Lipinski definition) is 1. The molecular formula is C25H32O7S. The monoisotopic (exact) mass is 476 g/mol. The summed E-state index contributed by atoms with van der Waals surface area (Å²) in [6, 6.07) is 1.95. The third-order valence-corrected chi connectivity index (χ3v) is 7.91. The van der Waals surface area contributed by atoms with Gasteiger partial charge in [0.2, 0.25) is 0 Å². The van der Waals surface area contributed by atoms with Crippen LogP contribution in [0.5, 0.6) is 0 Å². The maximum Gasteiger partial charge on any atom is 0.446 e. The van der Waals surface area contributed by atoms with Gasteiger partial charge in [0.05, 0.1) is 18.1 Å². The minimum absolute atomic E-state index is 0.0741. The van der Waals surface area contributed by atoms with Crippen LogP contribution in [0.1, 0.15) is 58.9 Å². The minimum Gasteiger partial charge on any atom is -0.472 e. The molecule has 3 aliphatic rings. The van der Waals surface area contributed by atoms with Crippen molar-refractivity contribution in [2.75, 3.05) is 0 Å². The van der Waals surface area contributed by atoms with Crippen molar-refractivity contribution in [3.63, 3.8) is 0 Å². The fourth-order valence-electron chi connectivity index (χ4n) is 6.09. The summed E-state index contributed by atoms with van der Waals surface area (Å²) in [5.41, 5.74) is 2.27. The Morgan fingerprint density at radius 1 is 1.33 bits per heavy atom. The fraction of sp³-hybridized carbons (Fsp3) is 0.560. The van der Waals surface area contributed by atoms with Crippen molar-refractivity contribution >= 4 is 16.4 Å². The molecule has 1 fully saturated rings. The van der Waals surface area contributed by atoms with Crippen LogP contribution >= 0.6 is 0 Å².